The first-order chi connectivity index (χ1) is 15.8. The summed E-state index contributed by atoms with van der Waals surface area (Å²) in [4.78, 5) is 25.2. The van der Waals surface area contributed by atoms with Gasteiger partial charge in [0.15, 0.2) is 0 Å². The molecule has 0 heterocycles. The SMILES string of the molecule is CN(C)N=Nc1ccc(C(=O)Oc2ccc3c(c2)CCC2C3CCC3(C)C(=O)CCC23)cc1. The van der Waals surface area contributed by atoms with Gasteiger partial charge in [0.1, 0.15) is 11.5 Å². The third-order valence-electron chi connectivity index (χ3n) is 8.06. The Morgan fingerprint density at radius 3 is 2.61 bits per heavy atom. The van der Waals surface area contributed by atoms with Gasteiger partial charge in [-0.2, -0.15) is 0 Å². The molecule has 0 saturated heterocycles. The van der Waals surface area contributed by atoms with Crippen LogP contribution in [-0.4, -0.2) is 30.9 Å². The smallest absolute Gasteiger partial charge is 0.343 e. The molecular weight excluding hydrogens is 414 g/mol. The molecule has 2 aromatic carbocycles. The van der Waals surface area contributed by atoms with E-state index >= 15 is 0 Å². The van der Waals surface area contributed by atoms with Crippen molar-refractivity contribution < 1.29 is 14.3 Å². The molecule has 0 radical (unpaired) electrons. The van der Waals surface area contributed by atoms with E-state index in [1.165, 1.54) is 11.1 Å². The van der Waals surface area contributed by atoms with Crippen LogP contribution in [-0.2, 0) is 11.2 Å². The van der Waals surface area contributed by atoms with Crippen LogP contribution in [0.3, 0.4) is 0 Å². The minimum atomic E-state index is -0.377. The van der Waals surface area contributed by atoms with E-state index in [-0.39, 0.29) is 11.4 Å². The number of fused-ring (bicyclic) bond motifs is 5. The molecule has 3 aliphatic carbocycles. The largest absolute Gasteiger partial charge is 0.423 e. The number of esters is 1. The maximum Gasteiger partial charge on any atom is 0.343 e. The number of benzene rings is 2. The molecular formula is C27H31N3O3. The first-order valence-electron chi connectivity index (χ1n) is 11.9. The number of hydrogen-bond donors (Lipinski definition) is 0. The van der Waals surface area contributed by atoms with Crippen LogP contribution in [0.15, 0.2) is 52.8 Å². The molecule has 33 heavy (non-hydrogen) atoms. The summed E-state index contributed by atoms with van der Waals surface area (Å²) in [7, 11) is 3.60. The summed E-state index contributed by atoms with van der Waals surface area (Å²) in [6.07, 6.45) is 5.98. The van der Waals surface area contributed by atoms with Gasteiger partial charge in [0.25, 0.3) is 0 Å². The van der Waals surface area contributed by atoms with E-state index in [0.29, 0.717) is 40.5 Å². The second-order valence-electron chi connectivity index (χ2n) is 10.2. The monoisotopic (exact) mass is 445 g/mol. The Kier molecular flexibility index (Phi) is 5.55. The Bertz CT molecular complexity index is 1110. The van der Waals surface area contributed by atoms with Gasteiger partial charge in [-0.15, -0.1) is 5.11 Å². The zero-order chi connectivity index (χ0) is 23.2. The van der Waals surface area contributed by atoms with Crippen molar-refractivity contribution in [1.29, 1.82) is 0 Å². The highest BCUT2D eigenvalue weighted by molar-refractivity contribution is 5.91. The van der Waals surface area contributed by atoms with Crippen molar-refractivity contribution in [3.63, 3.8) is 0 Å². The number of carbonyl (C=O) groups excluding carboxylic acids is 2. The van der Waals surface area contributed by atoms with Gasteiger partial charge in [-0.05, 0) is 97.4 Å². The second kappa shape index (κ2) is 8.40. The average Bonchev–Trinajstić information content (AvgIpc) is 3.12. The van der Waals surface area contributed by atoms with Gasteiger partial charge < -0.3 is 4.74 Å². The van der Waals surface area contributed by atoms with Crippen LogP contribution in [0.1, 0.15) is 66.4 Å². The lowest BCUT2D eigenvalue weighted by Gasteiger charge is -2.48. The summed E-state index contributed by atoms with van der Waals surface area (Å²) in [5, 5.41) is 9.65. The number of ketones is 1. The lowest BCUT2D eigenvalue weighted by atomic mass is 9.55. The van der Waals surface area contributed by atoms with Crippen molar-refractivity contribution in [3.8, 4) is 5.75 Å². The normalized spacial score (nSPS) is 28.2. The molecule has 2 fully saturated rings. The summed E-state index contributed by atoms with van der Waals surface area (Å²) in [5.74, 6) is 2.33. The summed E-state index contributed by atoms with van der Waals surface area (Å²) in [6.45, 7) is 2.21. The van der Waals surface area contributed by atoms with Crippen LogP contribution < -0.4 is 4.74 Å². The fourth-order valence-electron chi connectivity index (χ4n) is 6.36. The van der Waals surface area contributed by atoms with Crippen LogP contribution in [0, 0.1) is 17.3 Å². The molecule has 4 atom stereocenters. The minimum absolute atomic E-state index is 0.0997. The van der Waals surface area contributed by atoms with Crippen molar-refractivity contribution in [2.75, 3.05) is 14.1 Å². The molecule has 6 heteroatoms. The predicted octanol–water partition coefficient (Wildman–Crippen LogP) is 5.89. The van der Waals surface area contributed by atoms with Gasteiger partial charge in [-0.25, -0.2) is 4.79 Å². The number of nitrogens with zero attached hydrogens (tertiary/aromatic N) is 3. The lowest BCUT2D eigenvalue weighted by Crippen LogP contribution is -2.42. The Morgan fingerprint density at radius 2 is 1.85 bits per heavy atom. The standard InChI is InChI=1S/C27H31N3O3/c1-27-15-14-22-21-11-9-20(16-18(21)6-10-23(22)24(27)12-13-25(27)31)33-26(32)17-4-7-19(8-5-17)28-29-30(2)3/h4-5,7-9,11,16,22-24H,6,10,12-15H2,1-3H3. The minimum Gasteiger partial charge on any atom is -0.423 e. The maximum atomic E-state index is 12.7. The molecule has 2 aromatic rings. The number of aryl methyl sites for hydroxylation is 1. The average molecular weight is 446 g/mol. The third-order valence-corrected chi connectivity index (χ3v) is 8.06. The van der Waals surface area contributed by atoms with Crippen LogP contribution >= 0.6 is 0 Å². The molecule has 5 rings (SSSR count). The first-order valence-corrected chi connectivity index (χ1v) is 11.9. The van der Waals surface area contributed by atoms with Gasteiger partial charge in [-0.3, -0.25) is 9.80 Å². The Hall–Kier alpha value is -3.02. The van der Waals surface area contributed by atoms with E-state index in [1.807, 2.05) is 12.1 Å². The van der Waals surface area contributed by atoms with Crippen LogP contribution in [0.25, 0.3) is 0 Å². The van der Waals surface area contributed by atoms with E-state index in [9.17, 15) is 9.59 Å². The van der Waals surface area contributed by atoms with Gasteiger partial charge >= 0.3 is 5.97 Å². The molecule has 2 saturated carbocycles. The van der Waals surface area contributed by atoms with Gasteiger partial charge in [-0.1, -0.05) is 18.2 Å². The summed E-state index contributed by atoms with van der Waals surface area (Å²) >= 11 is 0. The van der Waals surface area contributed by atoms with Crippen molar-refractivity contribution in [3.05, 3.63) is 59.2 Å². The molecule has 0 N–H and O–H groups in total. The zero-order valence-corrected chi connectivity index (χ0v) is 19.6. The molecule has 0 spiro atoms. The first kappa shape index (κ1) is 21.8. The zero-order valence-electron chi connectivity index (χ0n) is 19.6. The number of Topliss-reactive ketones (excluding diaryl/α,β-unsaturated/α-hetero) is 1. The Morgan fingerprint density at radius 1 is 1.06 bits per heavy atom. The van der Waals surface area contributed by atoms with E-state index in [4.69, 9.17) is 4.74 Å². The molecule has 3 aliphatic rings. The molecule has 0 aromatic heterocycles. The number of carbonyl (C=O) groups is 2. The molecule has 0 bridgehead atoms. The summed E-state index contributed by atoms with van der Waals surface area (Å²) in [6, 6.07) is 13.0. The molecule has 4 unspecified atom stereocenters. The van der Waals surface area contributed by atoms with Crippen molar-refractivity contribution in [1.82, 2.24) is 5.01 Å². The Balaban J connectivity index is 1.29. The topological polar surface area (TPSA) is 71.3 Å². The van der Waals surface area contributed by atoms with Gasteiger partial charge in [0.2, 0.25) is 0 Å². The van der Waals surface area contributed by atoms with Gasteiger partial charge in [0, 0.05) is 25.9 Å². The van der Waals surface area contributed by atoms with Crippen LogP contribution in [0.4, 0.5) is 5.69 Å². The quantitative estimate of drug-likeness (QED) is 0.255. The fourth-order valence-corrected chi connectivity index (χ4v) is 6.36. The maximum absolute atomic E-state index is 12.7. The third kappa shape index (κ3) is 3.96. The highest BCUT2D eigenvalue weighted by Crippen LogP contribution is 2.59. The molecule has 6 nitrogen and oxygen atoms in total. The van der Waals surface area contributed by atoms with E-state index in [1.54, 1.807) is 43.4 Å². The summed E-state index contributed by atoms with van der Waals surface area (Å²) < 4.78 is 5.69. The molecule has 172 valence electrons. The van der Waals surface area contributed by atoms with Crippen molar-refractivity contribution >= 4 is 17.4 Å². The van der Waals surface area contributed by atoms with E-state index < -0.39 is 0 Å². The number of hydrogen-bond acceptors (Lipinski definition) is 5. The van der Waals surface area contributed by atoms with Crippen LogP contribution in [0.2, 0.25) is 0 Å². The second-order valence-corrected chi connectivity index (χ2v) is 10.2. The van der Waals surface area contributed by atoms with Crippen molar-refractivity contribution in [2.24, 2.45) is 27.6 Å². The number of rotatable bonds is 4. The van der Waals surface area contributed by atoms with E-state index in [0.717, 1.165) is 38.5 Å². The van der Waals surface area contributed by atoms with Crippen molar-refractivity contribution in [2.45, 2.75) is 51.4 Å². The lowest BCUT2D eigenvalue weighted by molar-refractivity contribution is -0.129. The van der Waals surface area contributed by atoms with Gasteiger partial charge in [0.05, 0.1) is 11.3 Å². The predicted molar refractivity (Wildman–Crippen MR) is 126 cm³/mol. The Labute approximate surface area is 195 Å². The highest BCUT2D eigenvalue weighted by atomic mass is 16.5. The number of ether oxygens (including phenoxy) is 1. The summed E-state index contributed by atoms with van der Waals surface area (Å²) in [5.41, 5.74) is 3.74. The van der Waals surface area contributed by atoms with E-state index in [2.05, 4.69) is 23.3 Å². The highest BCUT2D eigenvalue weighted by Gasteiger charge is 2.54. The molecule has 0 amide bonds. The fraction of sp³-hybridized carbons (Fsp3) is 0.481. The van der Waals surface area contributed by atoms with Crippen LogP contribution in [0.5, 0.6) is 5.75 Å². The molecule has 0 aliphatic heterocycles.